The van der Waals surface area contributed by atoms with Gasteiger partial charge in [0.25, 0.3) is 0 Å². The third kappa shape index (κ3) is 4.47. The number of benzene rings is 1. The van der Waals surface area contributed by atoms with Crippen molar-refractivity contribution in [3.8, 4) is 6.07 Å². The SMILES string of the molecule is N#CC1(NC(=O)C(N)CC2CCCCC2)CCN(Cc2c[nH]c3ccccc23)C1. The maximum absolute atomic E-state index is 12.7. The van der Waals surface area contributed by atoms with Crippen LogP contribution in [0.3, 0.4) is 0 Å². The maximum atomic E-state index is 12.7. The summed E-state index contributed by atoms with van der Waals surface area (Å²) in [7, 11) is 0. The summed E-state index contributed by atoms with van der Waals surface area (Å²) < 4.78 is 0. The second-order valence-corrected chi connectivity index (χ2v) is 8.85. The first kappa shape index (κ1) is 19.9. The van der Waals surface area contributed by atoms with Crippen molar-refractivity contribution in [3.05, 3.63) is 36.0 Å². The number of amides is 1. The maximum Gasteiger partial charge on any atom is 0.238 e. The fourth-order valence-corrected chi connectivity index (χ4v) is 4.97. The van der Waals surface area contributed by atoms with E-state index in [9.17, 15) is 10.1 Å². The average molecular weight is 394 g/mol. The van der Waals surface area contributed by atoms with Crippen molar-refractivity contribution in [1.82, 2.24) is 15.2 Å². The van der Waals surface area contributed by atoms with Gasteiger partial charge in [-0.2, -0.15) is 5.26 Å². The Morgan fingerprint density at radius 1 is 1.34 bits per heavy atom. The molecule has 0 radical (unpaired) electrons. The lowest BCUT2D eigenvalue weighted by Crippen LogP contribution is -2.54. The molecule has 154 valence electrons. The minimum atomic E-state index is -0.840. The molecule has 1 amide bonds. The zero-order valence-corrected chi connectivity index (χ0v) is 17.0. The molecule has 1 aliphatic carbocycles. The Labute approximate surface area is 172 Å². The smallest absolute Gasteiger partial charge is 0.238 e. The van der Waals surface area contributed by atoms with Gasteiger partial charge >= 0.3 is 0 Å². The number of nitrogens with one attached hydrogen (secondary N) is 2. The van der Waals surface area contributed by atoms with E-state index in [4.69, 9.17) is 5.73 Å². The lowest BCUT2D eigenvalue weighted by Gasteiger charge is -2.28. The van der Waals surface area contributed by atoms with Gasteiger partial charge in [0.15, 0.2) is 0 Å². The fourth-order valence-electron chi connectivity index (χ4n) is 4.97. The average Bonchev–Trinajstić information content (AvgIpc) is 3.34. The van der Waals surface area contributed by atoms with Crippen molar-refractivity contribution in [3.63, 3.8) is 0 Å². The number of nitrogens with two attached hydrogens (primary N) is 1. The minimum absolute atomic E-state index is 0.175. The molecule has 29 heavy (non-hydrogen) atoms. The molecular weight excluding hydrogens is 362 g/mol. The van der Waals surface area contributed by atoms with E-state index in [0.717, 1.165) is 25.0 Å². The topological polar surface area (TPSA) is 97.9 Å². The summed E-state index contributed by atoms with van der Waals surface area (Å²) in [6.45, 7) is 2.08. The molecule has 1 saturated heterocycles. The minimum Gasteiger partial charge on any atom is -0.361 e. The van der Waals surface area contributed by atoms with Crippen molar-refractivity contribution in [2.24, 2.45) is 11.7 Å². The highest BCUT2D eigenvalue weighted by molar-refractivity contribution is 5.83. The number of nitriles is 1. The van der Waals surface area contributed by atoms with Crippen LogP contribution >= 0.6 is 0 Å². The van der Waals surface area contributed by atoms with Crippen molar-refractivity contribution >= 4 is 16.8 Å². The van der Waals surface area contributed by atoms with E-state index >= 15 is 0 Å². The van der Waals surface area contributed by atoms with E-state index in [1.54, 1.807) is 0 Å². The zero-order chi connectivity index (χ0) is 20.3. The monoisotopic (exact) mass is 393 g/mol. The van der Waals surface area contributed by atoms with Crippen LogP contribution in [-0.4, -0.2) is 40.5 Å². The zero-order valence-electron chi connectivity index (χ0n) is 17.0. The van der Waals surface area contributed by atoms with Crippen LogP contribution in [-0.2, 0) is 11.3 Å². The Morgan fingerprint density at radius 2 is 2.14 bits per heavy atom. The van der Waals surface area contributed by atoms with E-state index < -0.39 is 11.6 Å². The van der Waals surface area contributed by atoms with Crippen molar-refractivity contribution in [2.45, 2.75) is 63.1 Å². The Hall–Kier alpha value is -2.36. The van der Waals surface area contributed by atoms with Crippen LogP contribution in [0.25, 0.3) is 10.9 Å². The summed E-state index contributed by atoms with van der Waals surface area (Å²) in [5.41, 5.74) is 7.71. The Morgan fingerprint density at radius 3 is 2.93 bits per heavy atom. The summed E-state index contributed by atoms with van der Waals surface area (Å²) in [4.78, 5) is 18.3. The molecule has 1 saturated carbocycles. The van der Waals surface area contributed by atoms with Gasteiger partial charge in [-0.3, -0.25) is 9.69 Å². The molecule has 2 fully saturated rings. The highest BCUT2D eigenvalue weighted by atomic mass is 16.2. The van der Waals surface area contributed by atoms with Crippen LogP contribution in [0.5, 0.6) is 0 Å². The molecule has 2 unspecified atom stereocenters. The van der Waals surface area contributed by atoms with Gasteiger partial charge in [-0.25, -0.2) is 0 Å². The lowest BCUT2D eigenvalue weighted by molar-refractivity contribution is -0.124. The molecule has 6 heteroatoms. The van der Waals surface area contributed by atoms with Gasteiger partial charge in [-0.05, 0) is 30.4 Å². The molecule has 2 heterocycles. The van der Waals surface area contributed by atoms with Crippen molar-refractivity contribution in [1.29, 1.82) is 5.26 Å². The number of H-pyrrole nitrogens is 1. The molecule has 1 aromatic heterocycles. The van der Waals surface area contributed by atoms with Crippen LogP contribution in [0.15, 0.2) is 30.5 Å². The van der Waals surface area contributed by atoms with Gasteiger partial charge in [0.2, 0.25) is 5.91 Å². The first-order chi connectivity index (χ1) is 14.1. The predicted octanol–water partition coefficient (Wildman–Crippen LogP) is 3.05. The van der Waals surface area contributed by atoms with Crippen LogP contribution in [0.4, 0.5) is 0 Å². The number of carbonyl (C=O) groups is 1. The number of carbonyl (C=O) groups excluding carboxylic acids is 1. The van der Waals surface area contributed by atoms with Gasteiger partial charge in [-0.1, -0.05) is 50.3 Å². The molecule has 2 atom stereocenters. The quantitative estimate of drug-likeness (QED) is 0.702. The number of hydrogen-bond acceptors (Lipinski definition) is 4. The Balaban J connectivity index is 1.35. The number of aromatic nitrogens is 1. The molecule has 2 aromatic rings. The number of nitrogens with zero attached hydrogens (tertiary/aromatic N) is 2. The van der Waals surface area contributed by atoms with Gasteiger partial charge in [0, 0.05) is 36.7 Å². The van der Waals surface area contributed by atoms with E-state index in [1.165, 1.54) is 43.1 Å². The molecule has 4 N–H and O–H groups in total. The van der Waals surface area contributed by atoms with E-state index in [2.05, 4.69) is 33.4 Å². The highest BCUT2D eigenvalue weighted by Gasteiger charge is 2.40. The van der Waals surface area contributed by atoms with E-state index in [-0.39, 0.29) is 5.91 Å². The molecule has 0 bridgehead atoms. The molecule has 0 spiro atoms. The standard InChI is InChI=1S/C23H31N5O/c24-15-23(27-22(29)20(25)12-17-6-2-1-3-7-17)10-11-28(16-23)14-18-13-26-21-9-5-4-8-19(18)21/h4-5,8-9,13,17,20,26H,1-3,6-7,10-12,14,16,25H2,(H,27,29). The first-order valence-electron chi connectivity index (χ1n) is 10.8. The molecular formula is C23H31N5O. The number of hydrogen-bond donors (Lipinski definition) is 3. The van der Waals surface area contributed by atoms with Crippen LogP contribution < -0.4 is 11.1 Å². The normalized spacial score (nSPS) is 24.4. The number of likely N-dealkylation sites (tertiary alicyclic amines) is 1. The van der Waals surface area contributed by atoms with Crippen LogP contribution in [0, 0.1) is 17.2 Å². The number of aromatic amines is 1. The lowest BCUT2D eigenvalue weighted by atomic mass is 9.84. The van der Waals surface area contributed by atoms with Crippen LogP contribution in [0.1, 0.15) is 50.5 Å². The second-order valence-electron chi connectivity index (χ2n) is 8.85. The van der Waals surface area contributed by atoms with Crippen molar-refractivity contribution in [2.75, 3.05) is 13.1 Å². The Kier molecular flexibility index (Phi) is 5.89. The summed E-state index contributed by atoms with van der Waals surface area (Å²) >= 11 is 0. The summed E-state index contributed by atoms with van der Waals surface area (Å²) in [5, 5.41) is 14.1. The second kappa shape index (κ2) is 8.56. The van der Waals surface area contributed by atoms with E-state index in [1.807, 2.05) is 18.3 Å². The molecule has 1 aliphatic heterocycles. The molecule has 2 aliphatic rings. The summed E-state index contributed by atoms with van der Waals surface area (Å²) in [5.74, 6) is 0.371. The van der Waals surface area contributed by atoms with Gasteiger partial charge < -0.3 is 16.0 Å². The molecule has 4 rings (SSSR count). The largest absolute Gasteiger partial charge is 0.361 e. The van der Waals surface area contributed by atoms with Gasteiger partial charge in [0.1, 0.15) is 5.54 Å². The van der Waals surface area contributed by atoms with E-state index in [0.29, 0.717) is 18.9 Å². The Bertz CT molecular complexity index is 894. The fraction of sp³-hybridized carbons (Fsp3) is 0.565. The first-order valence-corrected chi connectivity index (χ1v) is 10.8. The third-order valence-corrected chi connectivity index (χ3v) is 6.64. The van der Waals surface area contributed by atoms with Crippen LogP contribution in [0.2, 0.25) is 0 Å². The summed E-state index contributed by atoms with van der Waals surface area (Å²) in [6.07, 6.45) is 9.51. The summed E-state index contributed by atoms with van der Waals surface area (Å²) in [6, 6.07) is 10.1. The highest BCUT2D eigenvalue weighted by Crippen LogP contribution is 2.28. The van der Waals surface area contributed by atoms with Gasteiger partial charge in [-0.15, -0.1) is 0 Å². The number of fused-ring (bicyclic) bond motifs is 1. The van der Waals surface area contributed by atoms with Crippen molar-refractivity contribution < 1.29 is 4.79 Å². The third-order valence-electron chi connectivity index (χ3n) is 6.64. The molecule has 6 nitrogen and oxygen atoms in total. The number of para-hydroxylation sites is 1. The van der Waals surface area contributed by atoms with Gasteiger partial charge in [0.05, 0.1) is 12.1 Å². The predicted molar refractivity (Wildman–Crippen MR) is 114 cm³/mol. The molecule has 1 aromatic carbocycles. The number of rotatable bonds is 6.